The number of carbonyl (C=O) groups excluding carboxylic acids is 1. The second-order valence-electron chi connectivity index (χ2n) is 5.13. The lowest BCUT2D eigenvalue weighted by Gasteiger charge is -2.07. The van der Waals surface area contributed by atoms with Crippen LogP contribution in [0.5, 0.6) is 0 Å². The van der Waals surface area contributed by atoms with Gasteiger partial charge in [0.05, 0.1) is 6.54 Å². The van der Waals surface area contributed by atoms with Crippen LogP contribution in [0.15, 0.2) is 65.6 Å². The Balaban J connectivity index is 1.97. The van der Waals surface area contributed by atoms with Crippen molar-refractivity contribution in [2.45, 2.75) is 13.5 Å². The van der Waals surface area contributed by atoms with E-state index in [1.165, 1.54) is 4.57 Å². The molecule has 3 aromatic rings. The van der Waals surface area contributed by atoms with E-state index in [1.807, 2.05) is 49.4 Å². The van der Waals surface area contributed by atoms with Gasteiger partial charge in [-0.15, -0.1) is 0 Å². The smallest absolute Gasteiger partial charge is 0.258 e. The van der Waals surface area contributed by atoms with Crippen molar-refractivity contribution in [2.24, 2.45) is 0 Å². The van der Waals surface area contributed by atoms with Crippen LogP contribution in [0.2, 0.25) is 0 Å². The number of hydrogen-bond donors (Lipinski definition) is 0. The first-order valence-corrected chi connectivity index (χ1v) is 6.83. The van der Waals surface area contributed by atoms with Crippen LogP contribution in [0.25, 0.3) is 10.8 Å². The van der Waals surface area contributed by atoms with Crippen LogP contribution in [0.4, 0.5) is 0 Å². The van der Waals surface area contributed by atoms with Crippen molar-refractivity contribution in [2.75, 3.05) is 0 Å². The number of aryl methyl sites for hydroxylation is 1. The highest BCUT2D eigenvalue weighted by atomic mass is 16.1. The zero-order valence-electron chi connectivity index (χ0n) is 11.7. The summed E-state index contributed by atoms with van der Waals surface area (Å²) in [5, 5.41) is 1.53. The van der Waals surface area contributed by atoms with E-state index in [0.717, 1.165) is 10.9 Å². The van der Waals surface area contributed by atoms with Crippen molar-refractivity contribution >= 4 is 16.6 Å². The molecule has 3 rings (SSSR count). The summed E-state index contributed by atoms with van der Waals surface area (Å²) in [4.78, 5) is 24.7. The van der Waals surface area contributed by atoms with Gasteiger partial charge in [-0.05, 0) is 30.5 Å². The predicted octanol–water partition coefficient (Wildman–Crippen LogP) is 3.19. The molecule has 0 amide bonds. The highest BCUT2D eigenvalue weighted by molar-refractivity contribution is 5.96. The van der Waals surface area contributed by atoms with Crippen LogP contribution in [-0.4, -0.2) is 10.4 Å². The first-order chi connectivity index (χ1) is 10.1. The van der Waals surface area contributed by atoms with Gasteiger partial charge in [-0.25, -0.2) is 0 Å². The highest BCUT2D eigenvalue weighted by Crippen LogP contribution is 2.09. The van der Waals surface area contributed by atoms with Crippen molar-refractivity contribution in [3.8, 4) is 0 Å². The number of nitrogens with zero attached hydrogens (tertiary/aromatic N) is 1. The van der Waals surface area contributed by atoms with E-state index in [2.05, 4.69) is 0 Å². The molecular formula is C18H15NO2. The number of hydrogen-bond acceptors (Lipinski definition) is 2. The molecule has 3 nitrogen and oxygen atoms in total. The minimum absolute atomic E-state index is 0.0592. The molecular weight excluding hydrogens is 262 g/mol. The molecule has 0 aliphatic heterocycles. The fourth-order valence-electron chi connectivity index (χ4n) is 2.42. The van der Waals surface area contributed by atoms with Crippen LogP contribution in [-0.2, 0) is 6.54 Å². The van der Waals surface area contributed by atoms with E-state index in [0.29, 0.717) is 10.9 Å². The Morgan fingerprint density at radius 1 is 1.05 bits per heavy atom. The third-order valence-corrected chi connectivity index (χ3v) is 3.54. The monoisotopic (exact) mass is 277 g/mol. The summed E-state index contributed by atoms with van der Waals surface area (Å²) in [5.74, 6) is -0.0592. The van der Waals surface area contributed by atoms with E-state index >= 15 is 0 Å². The number of fused-ring (bicyclic) bond motifs is 1. The summed E-state index contributed by atoms with van der Waals surface area (Å²) in [6, 6.07) is 16.7. The first-order valence-electron chi connectivity index (χ1n) is 6.83. The molecule has 0 bridgehead atoms. The van der Waals surface area contributed by atoms with Gasteiger partial charge in [0.15, 0.2) is 5.78 Å². The number of carbonyl (C=O) groups is 1. The van der Waals surface area contributed by atoms with E-state index in [-0.39, 0.29) is 17.9 Å². The molecule has 2 aromatic carbocycles. The number of aromatic nitrogens is 1. The van der Waals surface area contributed by atoms with E-state index in [1.54, 1.807) is 18.3 Å². The van der Waals surface area contributed by atoms with Crippen LogP contribution in [0.1, 0.15) is 15.9 Å². The summed E-state index contributed by atoms with van der Waals surface area (Å²) in [7, 11) is 0. The lowest BCUT2D eigenvalue weighted by atomic mass is 10.1. The maximum atomic E-state index is 12.4. The van der Waals surface area contributed by atoms with Crippen molar-refractivity contribution in [1.82, 2.24) is 4.57 Å². The molecule has 0 aliphatic rings. The highest BCUT2D eigenvalue weighted by Gasteiger charge is 2.09. The van der Waals surface area contributed by atoms with Gasteiger partial charge in [0.1, 0.15) is 0 Å². The minimum Gasteiger partial charge on any atom is -0.307 e. The van der Waals surface area contributed by atoms with Gasteiger partial charge in [-0.1, -0.05) is 42.0 Å². The Morgan fingerprint density at radius 3 is 2.67 bits per heavy atom. The normalized spacial score (nSPS) is 10.7. The number of pyridine rings is 1. The zero-order chi connectivity index (χ0) is 14.8. The first kappa shape index (κ1) is 13.3. The summed E-state index contributed by atoms with van der Waals surface area (Å²) in [6.07, 6.45) is 1.68. The van der Waals surface area contributed by atoms with Crippen LogP contribution >= 0.6 is 0 Å². The Kier molecular flexibility index (Phi) is 3.40. The van der Waals surface area contributed by atoms with E-state index < -0.39 is 0 Å². The molecule has 0 saturated heterocycles. The number of benzene rings is 2. The van der Waals surface area contributed by atoms with Crippen LogP contribution in [0.3, 0.4) is 0 Å². The van der Waals surface area contributed by atoms with Gasteiger partial charge in [0.25, 0.3) is 5.56 Å². The Morgan fingerprint density at radius 2 is 1.86 bits per heavy atom. The zero-order valence-corrected chi connectivity index (χ0v) is 11.7. The summed E-state index contributed by atoms with van der Waals surface area (Å²) < 4.78 is 1.47. The van der Waals surface area contributed by atoms with Gasteiger partial charge >= 0.3 is 0 Å². The second kappa shape index (κ2) is 5.37. The molecule has 0 N–H and O–H groups in total. The third kappa shape index (κ3) is 2.63. The second-order valence-corrected chi connectivity index (χ2v) is 5.13. The molecule has 0 fully saturated rings. The molecule has 0 aliphatic carbocycles. The minimum atomic E-state index is -0.130. The maximum absolute atomic E-state index is 12.4. The Hall–Kier alpha value is -2.68. The summed E-state index contributed by atoms with van der Waals surface area (Å²) in [5.41, 5.74) is 1.54. The lowest BCUT2D eigenvalue weighted by Crippen LogP contribution is -2.23. The molecule has 0 saturated carbocycles. The van der Waals surface area contributed by atoms with Gasteiger partial charge < -0.3 is 4.57 Å². The van der Waals surface area contributed by atoms with Crippen molar-refractivity contribution in [3.05, 3.63) is 82.3 Å². The molecule has 3 heteroatoms. The average Bonchev–Trinajstić information content (AvgIpc) is 2.50. The van der Waals surface area contributed by atoms with Crippen molar-refractivity contribution in [3.63, 3.8) is 0 Å². The van der Waals surface area contributed by atoms with Gasteiger partial charge in [0.2, 0.25) is 0 Å². The van der Waals surface area contributed by atoms with Gasteiger partial charge in [-0.3, -0.25) is 9.59 Å². The average molecular weight is 277 g/mol. The van der Waals surface area contributed by atoms with Gasteiger partial charge in [-0.2, -0.15) is 0 Å². The number of ketones is 1. The quantitative estimate of drug-likeness (QED) is 0.690. The maximum Gasteiger partial charge on any atom is 0.258 e. The molecule has 104 valence electrons. The molecule has 1 aromatic heterocycles. The van der Waals surface area contributed by atoms with E-state index in [4.69, 9.17) is 0 Å². The topological polar surface area (TPSA) is 39.1 Å². The predicted molar refractivity (Wildman–Crippen MR) is 83.7 cm³/mol. The SMILES string of the molecule is Cc1cccc(C(=O)Cn2ccc3ccccc3c2=O)c1. The fraction of sp³-hybridized carbons (Fsp3) is 0.111. The molecule has 0 unspecified atom stereocenters. The molecule has 1 heterocycles. The largest absolute Gasteiger partial charge is 0.307 e. The van der Waals surface area contributed by atoms with Crippen LogP contribution < -0.4 is 5.56 Å². The fourth-order valence-corrected chi connectivity index (χ4v) is 2.42. The molecule has 21 heavy (non-hydrogen) atoms. The number of rotatable bonds is 3. The third-order valence-electron chi connectivity index (χ3n) is 3.54. The lowest BCUT2D eigenvalue weighted by molar-refractivity contribution is 0.0971. The molecule has 0 radical (unpaired) electrons. The van der Waals surface area contributed by atoms with Crippen molar-refractivity contribution in [1.29, 1.82) is 0 Å². The molecule has 0 atom stereocenters. The Bertz CT molecular complexity index is 878. The summed E-state index contributed by atoms with van der Waals surface area (Å²) in [6.45, 7) is 2.01. The Labute approximate surface area is 122 Å². The number of Topliss-reactive ketones (excluding diaryl/α,β-unsaturated/α-hetero) is 1. The van der Waals surface area contributed by atoms with Crippen LogP contribution in [0, 0.1) is 6.92 Å². The van der Waals surface area contributed by atoms with E-state index in [9.17, 15) is 9.59 Å². The summed E-state index contributed by atoms with van der Waals surface area (Å²) >= 11 is 0. The molecule has 0 spiro atoms. The van der Waals surface area contributed by atoms with Gasteiger partial charge in [0, 0.05) is 17.1 Å². The van der Waals surface area contributed by atoms with Crippen molar-refractivity contribution < 1.29 is 4.79 Å². The standard InChI is InChI=1S/C18H15NO2/c1-13-5-4-7-15(11-13)17(20)12-19-10-9-14-6-2-3-8-16(14)18(19)21/h2-11H,12H2,1H3.